The Bertz CT molecular complexity index is 418. The molecule has 2 heterocycles. The van der Waals surface area contributed by atoms with E-state index in [-0.39, 0.29) is 11.6 Å². The van der Waals surface area contributed by atoms with Crippen LogP contribution in [0.15, 0.2) is 0 Å². The predicted molar refractivity (Wildman–Crippen MR) is 78.7 cm³/mol. The molecule has 0 bridgehead atoms. The Morgan fingerprint density at radius 2 is 2.00 bits per heavy atom. The fourth-order valence-electron chi connectivity index (χ4n) is 3.45. The topological polar surface area (TPSA) is 62.2 Å². The molecule has 2 rings (SSSR count). The Morgan fingerprint density at radius 1 is 1.38 bits per heavy atom. The Labute approximate surface area is 127 Å². The molecule has 0 aromatic rings. The summed E-state index contributed by atoms with van der Waals surface area (Å²) in [6, 6.07) is 0. The van der Waals surface area contributed by atoms with E-state index in [1.54, 1.807) is 4.90 Å². The maximum absolute atomic E-state index is 12.3. The minimum Gasteiger partial charge on any atom is -0.444 e. The standard InChI is InChI=1S/C15H28N2O4/c1-7-15-10-16(11(18)20-13(2,3)4)8-9-17(15)12(19)21-14(15,5)6/h12,19H,7-10H2,1-6H3. The smallest absolute Gasteiger partial charge is 0.410 e. The van der Waals surface area contributed by atoms with Crippen LogP contribution in [0, 0.1) is 0 Å². The molecular formula is C15H28N2O4. The van der Waals surface area contributed by atoms with Crippen LogP contribution in [0.3, 0.4) is 0 Å². The van der Waals surface area contributed by atoms with E-state index >= 15 is 0 Å². The van der Waals surface area contributed by atoms with Gasteiger partial charge in [-0.2, -0.15) is 0 Å². The highest BCUT2D eigenvalue weighted by molar-refractivity contribution is 5.68. The van der Waals surface area contributed by atoms with Gasteiger partial charge in [-0.1, -0.05) is 6.92 Å². The van der Waals surface area contributed by atoms with Crippen LogP contribution in [0.1, 0.15) is 48.0 Å². The molecule has 0 saturated carbocycles. The molecule has 2 unspecified atom stereocenters. The highest BCUT2D eigenvalue weighted by atomic mass is 16.7. The van der Waals surface area contributed by atoms with Gasteiger partial charge in [0.2, 0.25) is 6.41 Å². The highest BCUT2D eigenvalue weighted by Crippen LogP contribution is 2.45. The van der Waals surface area contributed by atoms with Gasteiger partial charge in [0.15, 0.2) is 0 Å². The molecule has 1 N–H and O–H groups in total. The van der Waals surface area contributed by atoms with Crippen LogP contribution in [0.25, 0.3) is 0 Å². The lowest BCUT2D eigenvalue weighted by Crippen LogP contribution is -2.67. The minimum atomic E-state index is -0.902. The van der Waals surface area contributed by atoms with Crippen molar-refractivity contribution in [1.29, 1.82) is 0 Å². The first-order chi connectivity index (χ1) is 9.52. The second kappa shape index (κ2) is 5.11. The molecule has 21 heavy (non-hydrogen) atoms. The number of amides is 1. The van der Waals surface area contributed by atoms with Gasteiger partial charge in [0.1, 0.15) is 5.60 Å². The molecule has 2 saturated heterocycles. The van der Waals surface area contributed by atoms with Crippen molar-refractivity contribution in [2.45, 2.75) is 71.1 Å². The van der Waals surface area contributed by atoms with Gasteiger partial charge in [-0.15, -0.1) is 0 Å². The fraction of sp³-hybridized carbons (Fsp3) is 0.933. The number of aliphatic hydroxyl groups is 1. The van der Waals surface area contributed by atoms with E-state index in [2.05, 4.69) is 6.92 Å². The summed E-state index contributed by atoms with van der Waals surface area (Å²) < 4.78 is 11.2. The zero-order valence-electron chi connectivity index (χ0n) is 14.0. The van der Waals surface area contributed by atoms with Crippen LogP contribution in [0.2, 0.25) is 0 Å². The first kappa shape index (κ1) is 16.5. The van der Waals surface area contributed by atoms with Gasteiger partial charge in [0.05, 0.1) is 11.1 Å². The zero-order chi connectivity index (χ0) is 16.1. The van der Waals surface area contributed by atoms with Crippen LogP contribution in [0.4, 0.5) is 4.79 Å². The van der Waals surface area contributed by atoms with E-state index in [4.69, 9.17) is 9.47 Å². The van der Waals surface area contributed by atoms with Crippen LogP contribution >= 0.6 is 0 Å². The summed E-state index contributed by atoms with van der Waals surface area (Å²) in [7, 11) is 0. The molecule has 0 aromatic carbocycles. The van der Waals surface area contributed by atoms with Gasteiger partial charge in [-0.3, -0.25) is 0 Å². The van der Waals surface area contributed by atoms with Crippen molar-refractivity contribution in [3.05, 3.63) is 0 Å². The van der Waals surface area contributed by atoms with Gasteiger partial charge in [-0.05, 0) is 41.0 Å². The number of carbonyl (C=O) groups is 1. The lowest BCUT2D eigenvalue weighted by molar-refractivity contribution is -0.169. The number of piperazine rings is 1. The van der Waals surface area contributed by atoms with Gasteiger partial charge in [-0.25, -0.2) is 9.69 Å². The van der Waals surface area contributed by atoms with Crippen LogP contribution < -0.4 is 0 Å². The third-order valence-electron chi connectivity index (χ3n) is 4.64. The van der Waals surface area contributed by atoms with Gasteiger partial charge < -0.3 is 19.5 Å². The van der Waals surface area contributed by atoms with Gasteiger partial charge in [0, 0.05) is 19.6 Å². The van der Waals surface area contributed by atoms with Crippen molar-refractivity contribution in [2.75, 3.05) is 19.6 Å². The summed E-state index contributed by atoms with van der Waals surface area (Å²) in [4.78, 5) is 16.0. The second-order valence-corrected chi connectivity index (χ2v) is 7.43. The largest absolute Gasteiger partial charge is 0.444 e. The molecule has 0 radical (unpaired) electrons. The van der Waals surface area contributed by atoms with Crippen molar-refractivity contribution in [3.63, 3.8) is 0 Å². The summed E-state index contributed by atoms with van der Waals surface area (Å²) in [5, 5.41) is 10.1. The molecule has 2 aliphatic rings. The molecule has 0 aliphatic carbocycles. The van der Waals surface area contributed by atoms with Gasteiger partial charge in [0.25, 0.3) is 0 Å². The predicted octanol–water partition coefficient (Wildman–Crippen LogP) is 1.77. The monoisotopic (exact) mass is 300 g/mol. The van der Waals surface area contributed by atoms with E-state index in [1.807, 2.05) is 39.5 Å². The number of rotatable bonds is 1. The van der Waals surface area contributed by atoms with Crippen LogP contribution in [-0.2, 0) is 9.47 Å². The molecule has 2 fully saturated rings. The second-order valence-electron chi connectivity index (χ2n) is 7.43. The molecule has 0 spiro atoms. The highest BCUT2D eigenvalue weighted by Gasteiger charge is 2.60. The normalized spacial score (nSPS) is 32.9. The quantitative estimate of drug-likeness (QED) is 0.799. The number of hydrogen-bond acceptors (Lipinski definition) is 5. The van der Waals surface area contributed by atoms with E-state index < -0.39 is 17.6 Å². The summed E-state index contributed by atoms with van der Waals surface area (Å²) in [5.74, 6) is 0. The number of aliphatic hydroxyl groups excluding tert-OH is 1. The van der Waals surface area contributed by atoms with Crippen molar-refractivity contribution in [3.8, 4) is 0 Å². The summed E-state index contributed by atoms with van der Waals surface area (Å²) in [6.45, 7) is 13.2. The number of nitrogens with zero attached hydrogens (tertiary/aromatic N) is 2. The lowest BCUT2D eigenvalue weighted by Gasteiger charge is -2.50. The van der Waals surface area contributed by atoms with Crippen LogP contribution in [-0.4, -0.2) is 63.8 Å². The molecule has 1 amide bonds. The average molecular weight is 300 g/mol. The van der Waals surface area contributed by atoms with Crippen molar-refractivity contribution in [2.24, 2.45) is 0 Å². The maximum Gasteiger partial charge on any atom is 0.410 e. The molecule has 2 atom stereocenters. The molecule has 122 valence electrons. The molecule has 6 nitrogen and oxygen atoms in total. The number of carbonyl (C=O) groups excluding carboxylic acids is 1. The Balaban J connectivity index is 2.21. The third-order valence-corrected chi connectivity index (χ3v) is 4.64. The van der Waals surface area contributed by atoms with E-state index in [1.165, 1.54) is 0 Å². The van der Waals surface area contributed by atoms with Gasteiger partial charge >= 0.3 is 6.09 Å². The van der Waals surface area contributed by atoms with Crippen molar-refractivity contribution >= 4 is 6.09 Å². The first-order valence-corrected chi connectivity index (χ1v) is 7.63. The van der Waals surface area contributed by atoms with E-state index in [9.17, 15) is 9.90 Å². The maximum atomic E-state index is 12.3. The third kappa shape index (κ3) is 2.76. The molecule has 2 aliphatic heterocycles. The number of fused-ring (bicyclic) bond motifs is 1. The summed E-state index contributed by atoms with van der Waals surface area (Å²) in [6.07, 6.45) is -0.413. The van der Waals surface area contributed by atoms with E-state index in [0.29, 0.717) is 19.6 Å². The number of hydrogen-bond donors (Lipinski definition) is 1. The lowest BCUT2D eigenvalue weighted by atomic mass is 9.78. The van der Waals surface area contributed by atoms with Crippen molar-refractivity contribution in [1.82, 2.24) is 9.80 Å². The molecular weight excluding hydrogens is 272 g/mol. The van der Waals surface area contributed by atoms with Crippen molar-refractivity contribution < 1.29 is 19.4 Å². The summed E-state index contributed by atoms with van der Waals surface area (Å²) in [5.41, 5.74) is -1.42. The van der Waals surface area contributed by atoms with E-state index in [0.717, 1.165) is 6.42 Å². The number of ether oxygens (including phenoxy) is 2. The Hall–Kier alpha value is -0.850. The molecule has 6 heteroatoms. The Morgan fingerprint density at radius 3 is 2.52 bits per heavy atom. The Kier molecular flexibility index (Phi) is 4.02. The van der Waals surface area contributed by atoms with Crippen LogP contribution in [0.5, 0.6) is 0 Å². The average Bonchev–Trinajstić information content (AvgIpc) is 2.54. The minimum absolute atomic E-state index is 0.299. The zero-order valence-corrected chi connectivity index (χ0v) is 14.0. The fourth-order valence-corrected chi connectivity index (χ4v) is 3.45. The summed E-state index contributed by atoms with van der Waals surface area (Å²) >= 11 is 0. The molecule has 0 aromatic heterocycles. The first-order valence-electron chi connectivity index (χ1n) is 7.63. The SMILES string of the molecule is CCC12CN(C(=O)OC(C)(C)C)CCN1C(O)OC2(C)C.